The summed E-state index contributed by atoms with van der Waals surface area (Å²) in [4.78, 5) is 22.2. The summed E-state index contributed by atoms with van der Waals surface area (Å²) < 4.78 is 10.7. The monoisotopic (exact) mass is 605 g/mol. The number of nitrogens with one attached hydrogen (secondary N) is 1. The van der Waals surface area contributed by atoms with E-state index in [2.05, 4.69) is 26.2 Å². The highest BCUT2D eigenvalue weighted by molar-refractivity contribution is 14.1. The van der Waals surface area contributed by atoms with Crippen molar-refractivity contribution < 1.29 is 12.6 Å². The maximum atomic E-state index is 13.4. The SMILES string of the molecule is CN=C/C(=C\N)c1cc(OC)cc([C@@H](C)NC(=O)c2cc(N3CCN(CCOI)CC3)ccc2C)c1. The van der Waals surface area contributed by atoms with E-state index in [0.717, 1.165) is 67.3 Å². The topological polar surface area (TPSA) is 92.4 Å². The van der Waals surface area contributed by atoms with Crippen molar-refractivity contribution in [2.45, 2.75) is 19.9 Å². The van der Waals surface area contributed by atoms with E-state index in [1.54, 1.807) is 20.4 Å². The van der Waals surface area contributed by atoms with E-state index in [-0.39, 0.29) is 11.9 Å². The third-order valence-corrected chi connectivity index (χ3v) is 6.92. The van der Waals surface area contributed by atoms with Crippen LogP contribution in [-0.2, 0) is 3.07 Å². The second kappa shape index (κ2) is 13.6. The van der Waals surface area contributed by atoms with E-state index in [9.17, 15) is 4.79 Å². The van der Waals surface area contributed by atoms with E-state index in [1.165, 1.54) is 6.20 Å². The van der Waals surface area contributed by atoms with Crippen LogP contribution in [0, 0.1) is 6.92 Å². The molecule has 1 aliphatic heterocycles. The number of nitrogens with two attached hydrogens (primary N) is 1. The third kappa shape index (κ3) is 7.21. The molecule has 1 heterocycles. The van der Waals surface area contributed by atoms with Gasteiger partial charge in [0.2, 0.25) is 0 Å². The number of methoxy groups -OCH3 is 1. The quantitative estimate of drug-likeness (QED) is 0.315. The van der Waals surface area contributed by atoms with Crippen LogP contribution in [0.15, 0.2) is 47.6 Å². The standard InChI is InChI=1S/C27H36IN5O3/c1-19-5-6-24(33-9-7-32(8-10-33)11-12-36-28)16-26(19)27(34)31-20(2)21-13-22(15-25(14-21)35-4)23(17-29)18-30-3/h5-6,13-18,20H,7-12,29H2,1-4H3,(H,31,34)/b23-17+,30-18?/t20-/m1/s1. The summed E-state index contributed by atoms with van der Waals surface area (Å²) in [6, 6.07) is 11.7. The van der Waals surface area contributed by atoms with E-state index in [0.29, 0.717) is 11.3 Å². The summed E-state index contributed by atoms with van der Waals surface area (Å²) in [5.41, 5.74) is 11.1. The molecule has 0 radical (unpaired) electrons. The lowest BCUT2D eigenvalue weighted by Gasteiger charge is -2.36. The molecule has 1 fully saturated rings. The molecule has 0 spiro atoms. The summed E-state index contributed by atoms with van der Waals surface area (Å²) in [7, 11) is 3.32. The van der Waals surface area contributed by atoms with E-state index < -0.39 is 0 Å². The van der Waals surface area contributed by atoms with Crippen LogP contribution in [0.2, 0.25) is 0 Å². The van der Waals surface area contributed by atoms with Gasteiger partial charge in [0.25, 0.3) is 5.91 Å². The number of hydrogen-bond donors (Lipinski definition) is 2. The van der Waals surface area contributed by atoms with Gasteiger partial charge in [-0.05, 0) is 60.9 Å². The van der Waals surface area contributed by atoms with Gasteiger partial charge in [-0.2, -0.15) is 0 Å². The summed E-state index contributed by atoms with van der Waals surface area (Å²) in [5, 5.41) is 3.16. The van der Waals surface area contributed by atoms with Gasteiger partial charge < -0.3 is 23.8 Å². The van der Waals surface area contributed by atoms with Gasteiger partial charge in [0, 0.05) is 69.0 Å². The van der Waals surface area contributed by atoms with Gasteiger partial charge in [-0.1, -0.05) is 6.07 Å². The number of piperazine rings is 1. The largest absolute Gasteiger partial charge is 0.497 e. The number of halogens is 1. The smallest absolute Gasteiger partial charge is 0.252 e. The Morgan fingerprint density at radius 3 is 2.61 bits per heavy atom. The zero-order valence-electron chi connectivity index (χ0n) is 21.5. The first kappa shape index (κ1) is 27.9. The number of carbonyl (C=O) groups is 1. The molecule has 3 rings (SSSR count). The number of ether oxygens (including phenoxy) is 1. The maximum Gasteiger partial charge on any atom is 0.252 e. The number of rotatable bonds is 10. The zero-order valence-corrected chi connectivity index (χ0v) is 23.6. The molecule has 1 atom stereocenters. The van der Waals surface area contributed by atoms with E-state index in [4.69, 9.17) is 13.5 Å². The van der Waals surface area contributed by atoms with Crippen LogP contribution < -0.4 is 20.7 Å². The number of anilines is 1. The minimum absolute atomic E-state index is 0.103. The molecule has 0 unspecified atom stereocenters. The molecule has 0 bridgehead atoms. The molecule has 194 valence electrons. The Balaban J connectivity index is 1.75. The number of amides is 1. The van der Waals surface area contributed by atoms with E-state index in [1.807, 2.05) is 67.2 Å². The van der Waals surface area contributed by atoms with Crippen molar-refractivity contribution in [1.82, 2.24) is 10.2 Å². The van der Waals surface area contributed by atoms with Crippen LogP contribution in [0.25, 0.3) is 5.57 Å². The minimum atomic E-state index is -0.240. The van der Waals surface area contributed by atoms with Crippen molar-refractivity contribution >= 4 is 46.4 Å². The van der Waals surface area contributed by atoms with Gasteiger partial charge in [-0.3, -0.25) is 14.7 Å². The molecule has 36 heavy (non-hydrogen) atoms. The van der Waals surface area contributed by atoms with Gasteiger partial charge in [0.05, 0.1) is 19.8 Å². The molecular formula is C27H36IN5O3. The summed E-state index contributed by atoms with van der Waals surface area (Å²) in [5.74, 6) is 0.587. The molecule has 2 aromatic rings. The number of hydrogen-bond acceptors (Lipinski definition) is 7. The highest BCUT2D eigenvalue weighted by atomic mass is 127. The molecule has 0 saturated carbocycles. The van der Waals surface area contributed by atoms with Crippen molar-refractivity contribution in [3.63, 3.8) is 0 Å². The molecular weight excluding hydrogens is 569 g/mol. The van der Waals surface area contributed by atoms with Crippen LogP contribution in [0.3, 0.4) is 0 Å². The molecule has 8 nitrogen and oxygen atoms in total. The average Bonchev–Trinajstić information content (AvgIpc) is 2.90. The molecule has 1 aliphatic rings. The molecule has 9 heteroatoms. The molecule has 2 aromatic carbocycles. The molecule has 0 aromatic heterocycles. The summed E-state index contributed by atoms with van der Waals surface area (Å²) >= 11 is 1.94. The highest BCUT2D eigenvalue weighted by Crippen LogP contribution is 2.27. The fourth-order valence-electron chi connectivity index (χ4n) is 4.31. The third-order valence-electron chi connectivity index (χ3n) is 6.48. The van der Waals surface area contributed by atoms with Crippen molar-refractivity contribution in [1.29, 1.82) is 0 Å². The Hall–Kier alpha value is -2.63. The predicted octanol–water partition coefficient (Wildman–Crippen LogP) is 3.98. The van der Waals surface area contributed by atoms with Crippen LogP contribution >= 0.6 is 23.0 Å². The molecule has 1 amide bonds. The molecule has 3 N–H and O–H groups in total. The number of nitrogens with zero attached hydrogens (tertiary/aromatic N) is 3. The van der Waals surface area contributed by atoms with Crippen LogP contribution in [0.1, 0.15) is 40.0 Å². The second-order valence-electron chi connectivity index (χ2n) is 8.84. The van der Waals surface area contributed by atoms with E-state index >= 15 is 0 Å². The number of aryl methyl sites for hydroxylation is 1. The highest BCUT2D eigenvalue weighted by Gasteiger charge is 2.20. The molecule has 0 aliphatic carbocycles. The lowest BCUT2D eigenvalue weighted by molar-refractivity contribution is 0.0939. The van der Waals surface area contributed by atoms with Crippen molar-refractivity contribution in [2.75, 3.05) is 58.4 Å². The van der Waals surface area contributed by atoms with Gasteiger partial charge >= 0.3 is 0 Å². The molecule has 1 saturated heterocycles. The lowest BCUT2D eigenvalue weighted by Crippen LogP contribution is -2.47. The van der Waals surface area contributed by atoms with Gasteiger partial charge in [0.15, 0.2) is 0 Å². The maximum absolute atomic E-state index is 13.4. The Morgan fingerprint density at radius 1 is 1.22 bits per heavy atom. The Kier molecular flexibility index (Phi) is 10.6. The number of carbonyl (C=O) groups excluding carboxylic acids is 1. The minimum Gasteiger partial charge on any atom is -0.497 e. The van der Waals surface area contributed by atoms with Gasteiger partial charge in [-0.25, -0.2) is 0 Å². The fourth-order valence-corrected chi connectivity index (χ4v) is 4.51. The fraction of sp³-hybridized carbons (Fsp3) is 0.407. The second-order valence-corrected chi connectivity index (χ2v) is 9.46. The lowest BCUT2D eigenvalue weighted by atomic mass is 9.99. The Bertz CT molecular complexity index is 1100. The number of aliphatic imine (C=N–C) groups is 1. The number of allylic oxidation sites excluding steroid dienone is 1. The van der Waals surface area contributed by atoms with Gasteiger partial charge in [-0.15, -0.1) is 0 Å². The van der Waals surface area contributed by atoms with Crippen molar-refractivity contribution in [2.24, 2.45) is 10.7 Å². The number of benzene rings is 2. The zero-order chi connectivity index (χ0) is 26.1. The predicted molar refractivity (Wildman–Crippen MR) is 155 cm³/mol. The van der Waals surface area contributed by atoms with Crippen molar-refractivity contribution in [3.05, 3.63) is 64.9 Å². The van der Waals surface area contributed by atoms with Gasteiger partial charge in [0.1, 0.15) is 28.8 Å². The van der Waals surface area contributed by atoms with Crippen LogP contribution in [0.4, 0.5) is 5.69 Å². The normalized spacial score (nSPS) is 15.8. The average molecular weight is 606 g/mol. The first-order chi connectivity index (χ1) is 17.4. The van der Waals surface area contributed by atoms with Crippen molar-refractivity contribution in [3.8, 4) is 5.75 Å². The first-order valence-corrected chi connectivity index (χ1v) is 12.9. The Labute approximate surface area is 228 Å². The van der Waals surface area contributed by atoms with Crippen LogP contribution in [-0.4, -0.2) is 70.5 Å². The summed E-state index contributed by atoms with van der Waals surface area (Å²) in [6.45, 7) is 9.41. The Morgan fingerprint density at radius 2 is 1.97 bits per heavy atom. The summed E-state index contributed by atoms with van der Waals surface area (Å²) in [6.07, 6.45) is 3.22. The first-order valence-electron chi connectivity index (χ1n) is 12.1. The van der Waals surface area contributed by atoms with Crippen LogP contribution in [0.5, 0.6) is 5.75 Å².